The predicted octanol–water partition coefficient (Wildman–Crippen LogP) is 3.62. The molecule has 0 saturated heterocycles. The first-order chi connectivity index (χ1) is 12.7. The number of aromatic amines is 1. The molecule has 1 atom stereocenters. The Hall–Kier alpha value is -2.64. The average molecular weight is 371 g/mol. The van der Waals surface area contributed by atoms with Gasteiger partial charge >= 0.3 is 0 Å². The van der Waals surface area contributed by atoms with Crippen LogP contribution in [0.25, 0.3) is 0 Å². The molecule has 26 heavy (non-hydrogen) atoms. The van der Waals surface area contributed by atoms with Gasteiger partial charge in [-0.25, -0.2) is 4.98 Å². The second-order valence-electron chi connectivity index (χ2n) is 6.29. The van der Waals surface area contributed by atoms with Crippen molar-refractivity contribution in [1.29, 1.82) is 0 Å². The van der Waals surface area contributed by atoms with E-state index in [0.717, 1.165) is 11.3 Å². The lowest BCUT2D eigenvalue weighted by Crippen LogP contribution is -2.16. The number of rotatable bonds is 7. The van der Waals surface area contributed by atoms with Gasteiger partial charge in [0.1, 0.15) is 5.02 Å². The first-order valence-corrected chi connectivity index (χ1v) is 8.88. The Morgan fingerprint density at radius 3 is 2.81 bits per heavy atom. The monoisotopic (exact) mass is 370 g/mol. The number of aliphatic hydroxyl groups is 1. The van der Waals surface area contributed by atoms with E-state index in [2.05, 4.69) is 30.8 Å². The molecule has 7 nitrogen and oxygen atoms in total. The largest absolute Gasteiger partial charge is 0.394 e. The molecule has 0 aliphatic heterocycles. The Morgan fingerprint density at radius 2 is 2.08 bits per heavy atom. The van der Waals surface area contributed by atoms with Gasteiger partial charge in [-0.2, -0.15) is 10.1 Å². The van der Waals surface area contributed by atoms with E-state index in [1.54, 1.807) is 0 Å². The highest BCUT2D eigenvalue weighted by Gasteiger charge is 2.25. The summed E-state index contributed by atoms with van der Waals surface area (Å²) in [7, 11) is 0. The van der Waals surface area contributed by atoms with Crippen LogP contribution in [0.1, 0.15) is 36.1 Å². The maximum atomic E-state index is 9.69. The molecule has 134 valence electrons. The molecule has 0 radical (unpaired) electrons. The molecule has 3 aromatic rings. The number of H-pyrrole nitrogens is 1. The minimum Gasteiger partial charge on any atom is -0.394 e. The fourth-order valence-electron chi connectivity index (χ4n) is 2.73. The number of nitrogens with one attached hydrogen (secondary N) is 3. The maximum Gasteiger partial charge on any atom is 0.225 e. The molecule has 0 spiro atoms. The van der Waals surface area contributed by atoms with Gasteiger partial charge in [0.2, 0.25) is 5.95 Å². The Labute approximate surface area is 155 Å². The van der Waals surface area contributed by atoms with Gasteiger partial charge in [-0.05, 0) is 18.4 Å². The maximum absolute atomic E-state index is 9.69. The van der Waals surface area contributed by atoms with Crippen molar-refractivity contribution in [3.63, 3.8) is 0 Å². The molecule has 1 aromatic carbocycles. The lowest BCUT2D eigenvalue weighted by molar-refractivity contribution is 0.276. The summed E-state index contributed by atoms with van der Waals surface area (Å²) in [4.78, 5) is 8.62. The Balaban J connectivity index is 1.51. The minimum atomic E-state index is -0.308. The number of hydrogen-bond donors (Lipinski definition) is 4. The van der Waals surface area contributed by atoms with Gasteiger partial charge in [0, 0.05) is 17.7 Å². The lowest BCUT2D eigenvalue weighted by atomic mass is 10.1. The van der Waals surface area contributed by atoms with Crippen LogP contribution in [-0.4, -0.2) is 31.9 Å². The van der Waals surface area contributed by atoms with E-state index >= 15 is 0 Å². The average Bonchev–Trinajstić information content (AvgIpc) is 3.42. The van der Waals surface area contributed by atoms with Crippen molar-refractivity contribution in [2.75, 3.05) is 17.2 Å². The topological polar surface area (TPSA) is 98.8 Å². The van der Waals surface area contributed by atoms with Crippen LogP contribution in [0.15, 0.2) is 42.6 Å². The molecule has 2 aromatic heterocycles. The fraction of sp³-hybridized carbons (Fsp3) is 0.278. The highest BCUT2D eigenvalue weighted by molar-refractivity contribution is 6.32. The van der Waals surface area contributed by atoms with Crippen molar-refractivity contribution in [3.05, 3.63) is 58.9 Å². The summed E-state index contributed by atoms with van der Waals surface area (Å²) >= 11 is 6.21. The molecule has 1 aliphatic carbocycles. The number of anilines is 3. The van der Waals surface area contributed by atoms with Crippen LogP contribution in [0, 0.1) is 0 Å². The molecule has 0 amide bonds. The molecule has 4 rings (SSSR count). The number of benzene rings is 1. The summed E-state index contributed by atoms with van der Waals surface area (Å²) in [6.07, 6.45) is 3.92. The highest BCUT2D eigenvalue weighted by Crippen LogP contribution is 2.39. The SMILES string of the molecule is OC[C@H](Nc1ncc(Cl)c(Nc2cc(C3CC3)[nH]n2)n1)c1ccccc1. The second-order valence-corrected chi connectivity index (χ2v) is 6.70. The molecule has 4 N–H and O–H groups in total. The molecule has 1 fully saturated rings. The summed E-state index contributed by atoms with van der Waals surface area (Å²) in [5.41, 5.74) is 2.07. The van der Waals surface area contributed by atoms with Gasteiger partial charge in [-0.3, -0.25) is 5.10 Å². The van der Waals surface area contributed by atoms with E-state index in [1.165, 1.54) is 19.0 Å². The third-order valence-corrected chi connectivity index (χ3v) is 4.57. The molecular formula is C18H19ClN6O. The van der Waals surface area contributed by atoms with E-state index < -0.39 is 0 Å². The van der Waals surface area contributed by atoms with Gasteiger partial charge in [0.15, 0.2) is 11.6 Å². The fourth-order valence-corrected chi connectivity index (χ4v) is 2.86. The summed E-state index contributed by atoms with van der Waals surface area (Å²) in [6, 6.07) is 11.3. The van der Waals surface area contributed by atoms with Crippen LogP contribution in [0.2, 0.25) is 5.02 Å². The van der Waals surface area contributed by atoms with E-state index in [9.17, 15) is 5.11 Å². The Bertz CT molecular complexity index is 880. The van der Waals surface area contributed by atoms with Crippen LogP contribution in [0.5, 0.6) is 0 Å². The van der Waals surface area contributed by atoms with Crippen molar-refractivity contribution in [2.45, 2.75) is 24.8 Å². The van der Waals surface area contributed by atoms with Gasteiger partial charge in [0.25, 0.3) is 0 Å². The number of aliphatic hydroxyl groups excluding tert-OH is 1. The van der Waals surface area contributed by atoms with Crippen LogP contribution in [0.3, 0.4) is 0 Å². The van der Waals surface area contributed by atoms with Crippen LogP contribution < -0.4 is 10.6 Å². The molecule has 8 heteroatoms. The van der Waals surface area contributed by atoms with Crippen molar-refractivity contribution in [1.82, 2.24) is 20.2 Å². The normalized spacial score (nSPS) is 14.8. The lowest BCUT2D eigenvalue weighted by Gasteiger charge is -2.17. The summed E-state index contributed by atoms with van der Waals surface area (Å²) < 4.78 is 0. The predicted molar refractivity (Wildman–Crippen MR) is 101 cm³/mol. The minimum absolute atomic E-state index is 0.0805. The van der Waals surface area contributed by atoms with Crippen LogP contribution >= 0.6 is 11.6 Å². The second kappa shape index (κ2) is 7.31. The first-order valence-electron chi connectivity index (χ1n) is 8.50. The van der Waals surface area contributed by atoms with Gasteiger partial charge in [0.05, 0.1) is 18.8 Å². The Kier molecular flexibility index (Phi) is 4.73. The number of hydrogen-bond acceptors (Lipinski definition) is 6. The zero-order valence-corrected chi connectivity index (χ0v) is 14.7. The summed E-state index contributed by atoms with van der Waals surface area (Å²) in [6.45, 7) is -0.0805. The van der Waals surface area contributed by atoms with Gasteiger partial charge in [-0.15, -0.1) is 0 Å². The van der Waals surface area contributed by atoms with Crippen molar-refractivity contribution in [2.24, 2.45) is 0 Å². The van der Waals surface area contributed by atoms with Crippen LogP contribution in [-0.2, 0) is 0 Å². The molecule has 2 heterocycles. The molecule has 0 unspecified atom stereocenters. The summed E-state index contributed by atoms with van der Waals surface area (Å²) in [5.74, 6) is 2.09. The van der Waals surface area contributed by atoms with Crippen LogP contribution in [0.4, 0.5) is 17.6 Å². The quantitative estimate of drug-likeness (QED) is 0.507. The van der Waals surface area contributed by atoms with E-state index in [1.807, 2.05) is 36.4 Å². The number of halogens is 1. The number of nitrogens with zero attached hydrogens (tertiary/aromatic N) is 3. The van der Waals surface area contributed by atoms with E-state index in [0.29, 0.717) is 28.5 Å². The zero-order chi connectivity index (χ0) is 17.9. The molecule has 1 saturated carbocycles. The van der Waals surface area contributed by atoms with Crippen molar-refractivity contribution >= 4 is 29.2 Å². The molecule has 0 bridgehead atoms. The van der Waals surface area contributed by atoms with Crippen molar-refractivity contribution < 1.29 is 5.11 Å². The van der Waals surface area contributed by atoms with Gasteiger partial charge < -0.3 is 15.7 Å². The first kappa shape index (κ1) is 16.8. The third kappa shape index (κ3) is 3.79. The van der Waals surface area contributed by atoms with Crippen molar-refractivity contribution in [3.8, 4) is 0 Å². The smallest absolute Gasteiger partial charge is 0.225 e. The third-order valence-electron chi connectivity index (χ3n) is 4.29. The highest BCUT2D eigenvalue weighted by atomic mass is 35.5. The number of aromatic nitrogens is 4. The molecule has 1 aliphatic rings. The zero-order valence-electron chi connectivity index (χ0n) is 14.0. The van der Waals surface area contributed by atoms with E-state index in [4.69, 9.17) is 11.6 Å². The van der Waals surface area contributed by atoms with Gasteiger partial charge in [-0.1, -0.05) is 41.9 Å². The molecular weight excluding hydrogens is 352 g/mol. The Morgan fingerprint density at radius 1 is 1.27 bits per heavy atom. The summed E-state index contributed by atoms with van der Waals surface area (Å²) in [5, 5.41) is 23.6. The standard InChI is InChI=1S/C18H19ClN6O/c19-13-9-20-18(21-15(10-26)11-4-2-1-3-5-11)23-17(13)22-16-8-14(24-25-16)12-6-7-12/h1-5,8-9,12,15,26H,6-7,10H2,(H3,20,21,22,23,24,25)/t15-/m0/s1. The van der Waals surface area contributed by atoms with E-state index in [-0.39, 0.29) is 12.6 Å².